The van der Waals surface area contributed by atoms with Crippen LogP contribution in [0.15, 0.2) is 0 Å². The van der Waals surface area contributed by atoms with Crippen molar-refractivity contribution in [2.75, 3.05) is 6.61 Å². The first-order chi connectivity index (χ1) is 8.53. The summed E-state index contributed by atoms with van der Waals surface area (Å²) in [5.41, 5.74) is -0.833. The van der Waals surface area contributed by atoms with Gasteiger partial charge < -0.3 is 13.9 Å². The molecule has 1 unspecified atom stereocenters. The maximum absolute atomic E-state index is 10.8. The highest BCUT2D eigenvalue weighted by molar-refractivity contribution is 6.74. The van der Waals surface area contributed by atoms with Crippen LogP contribution in [0.3, 0.4) is 0 Å². The lowest BCUT2D eigenvalue weighted by molar-refractivity contribution is -0.00336. The molecule has 0 amide bonds. The number of hydrogen-bond acceptors (Lipinski definition) is 4. The quantitative estimate of drug-likeness (QED) is 0.591. The van der Waals surface area contributed by atoms with Crippen molar-refractivity contribution in [1.82, 2.24) is 0 Å². The Morgan fingerprint density at radius 2 is 2.05 bits per heavy atom. The second-order valence-electron chi connectivity index (χ2n) is 6.41. The molecule has 0 saturated carbocycles. The molecule has 19 heavy (non-hydrogen) atoms. The number of ether oxygens (including phenoxy) is 2. The third-order valence-corrected chi connectivity index (χ3v) is 8.48. The second kappa shape index (κ2) is 6.16. The molecule has 1 aliphatic rings. The van der Waals surface area contributed by atoms with E-state index in [0.717, 1.165) is 0 Å². The molecule has 108 valence electrons. The molecule has 0 N–H and O–H groups in total. The minimum atomic E-state index is -1.86. The zero-order chi connectivity index (χ0) is 14.8. The topological polar surface area (TPSA) is 44.8 Å². The SMILES string of the molecule is [B][C@H]1CC(OC(=O)Cl)[C@@H](CO[Si](C)(C)C(C)(C)C)O1. The highest BCUT2D eigenvalue weighted by atomic mass is 35.5. The van der Waals surface area contributed by atoms with Crippen molar-refractivity contribution in [3.8, 4) is 0 Å². The van der Waals surface area contributed by atoms with Crippen molar-refractivity contribution in [3.05, 3.63) is 0 Å². The van der Waals surface area contributed by atoms with Crippen LogP contribution < -0.4 is 0 Å². The lowest BCUT2D eigenvalue weighted by atomic mass is 9.96. The monoisotopic (exact) mass is 304 g/mol. The van der Waals surface area contributed by atoms with Gasteiger partial charge in [0, 0.05) is 24.0 Å². The Bertz CT molecular complexity index is 332. The molecule has 0 aliphatic carbocycles. The van der Waals surface area contributed by atoms with Crippen LogP contribution in [0.1, 0.15) is 27.2 Å². The van der Waals surface area contributed by atoms with Crippen molar-refractivity contribution in [1.29, 1.82) is 0 Å². The van der Waals surface area contributed by atoms with Crippen LogP contribution >= 0.6 is 11.6 Å². The Balaban J connectivity index is 2.58. The summed E-state index contributed by atoms with van der Waals surface area (Å²) in [7, 11) is 3.86. The van der Waals surface area contributed by atoms with Crippen LogP contribution in [0.2, 0.25) is 18.1 Å². The van der Waals surface area contributed by atoms with E-state index in [9.17, 15) is 4.79 Å². The molecule has 4 nitrogen and oxygen atoms in total. The number of halogens is 1. The van der Waals surface area contributed by atoms with Crippen molar-refractivity contribution in [2.24, 2.45) is 0 Å². The molecule has 0 aromatic heterocycles. The van der Waals surface area contributed by atoms with Crippen molar-refractivity contribution < 1.29 is 18.7 Å². The molecular weight excluding hydrogens is 282 g/mol. The van der Waals surface area contributed by atoms with Gasteiger partial charge in [-0.05, 0) is 18.1 Å². The molecule has 1 fully saturated rings. The third-order valence-electron chi connectivity index (χ3n) is 3.89. The highest BCUT2D eigenvalue weighted by Crippen LogP contribution is 2.37. The first-order valence-corrected chi connectivity index (χ1v) is 9.72. The largest absolute Gasteiger partial charge is 0.447 e. The third kappa shape index (κ3) is 4.77. The average Bonchev–Trinajstić information content (AvgIpc) is 2.53. The Morgan fingerprint density at radius 3 is 2.53 bits per heavy atom. The van der Waals surface area contributed by atoms with Gasteiger partial charge in [0.25, 0.3) is 0 Å². The summed E-state index contributed by atoms with van der Waals surface area (Å²) in [5.74, 6) is 0. The molecular formula is C12H22BClO4Si. The van der Waals surface area contributed by atoms with E-state index in [1.165, 1.54) is 0 Å². The van der Waals surface area contributed by atoms with Crippen LogP contribution in [0, 0.1) is 0 Å². The van der Waals surface area contributed by atoms with E-state index < -0.39 is 25.9 Å². The maximum atomic E-state index is 10.8. The van der Waals surface area contributed by atoms with Gasteiger partial charge in [-0.15, -0.1) is 0 Å². The minimum absolute atomic E-state index is 0.117. The molecule has 1 saturated heterocycles. The normalized spacial score (nSPS) is 28.4. The summed E-state index contributed by atoms with van der Waals surface area (Å²) >= 11 is 5.24. The van der Waals surface area contributed by atoms with Crippen molar-refractivity contribution >= 4 is 33.2 Å². The van der Waals surface area contributed by atoms with E-state index in [1.54, 1.807) is 0 Å². The molecule has 1 aliphatic heterocycles. The molecule has 0 aromatic rings. The predicted molar refractivity (Wildman–Crippen MR) is 78.3 cm³/mol. The van der Waals surface area contributed by atoms with Gasteiger partial charge in [0.2, 0.25) is 0 Å². The first-order valence-electron chi connectivity index (χ1n) is 6.44. The van der Waals surface area contributed by atoms with Gasteiger partial charge in [-0.1, -0.05) is 20.8 Å². The fourth-order valence-corrected chi connectivity index (χ4v) is 2.77. The van der Waals surface area contributed by atoms with Gasteiger partial charge in [0.15, 0.2) is 8.32 Å². The van der Waals surface area contributed by atoms with E-state index in [0.29, 0.717) is 13.0 Å². The molecule has 7 heteroatoms. The minimum Gasteiger partial charge on any atom is -0.447 e. The van der Waals surface area contributed by atoms with E-state index in [4.69, 9.17) is 33.3 Å². The zero-order valence-corrected chi connectivity index (χ0v) is 14.0. The molecule has 2 radical (unpaired) electrons. The van der Waals surface area contributed by atoms with Gasteiger partial charge in [-0.2, -0.15) is 0 Å². The van der Waals surface area contributed by atoms with Gasteiger partial charge in [-0.3, -0.25) is 0 Å². The zero-order valence-electron chi connectivity index (χ0n) is 12.2. The van der Waals surface area contributed by atoms with Gasteiger partial charge in [0.05, 0.1) is 6.61 Å². The molecule has 1 heterocycles. The van der Waals surface area contributed by atoms with Crippen LogP contribution in [-0.2, 0) is 13.9 Å². The van der Waals surface area contributed by atoms with Crippen LogP contribution in [0.4, 0.5) is 4.79 Å². The Labute approximate surface area is 122 Å². The summed E-state index contributed by atoms with van der Waals surface area (Å²) in [6.07, 6.45) is -0.319. The van der Waals surface area contributed by atoms with Gasteiger partial charge in [-0.25, -0.2) is 4.79 Å². The maximum Gasteiger partial charge on any atom is 0.404 e. The first kappa shape index (κ1) is 17.0. The van der Waals surface area contributed by atoms with E-state index in [2.05, 4.69) is 33.9 Å². The summed E-state index contributed by atoms with van der Waals surface area (Å²) in [4.78, 5) is 10.8. The molecule has 0 spiro atoms. The molecule has 1 rings (SSSR count). The van der Waals surface area contributed by atoms with E-state index >= 15 is 0 Å². The standard InChI is InChI=1S/C12H22BClO4Si/c1-12(2,3)19(4,5)16-7-9-8(18-11(14)15)6-10(13)17-9/h8-10H,6-7H2,1-5H3/t8?,9-,10-/m1/s1. The smallest absolute Gasteiger partial charge is 0.404 e. The summed E-state index contributed by atoms with van der Waals surface area (Å²) < 4.78 is 16.6. The number of carbonyl (C=O) groups excluding carboxylic acids is 1. The predicted octanol–water partition coefficient (Wildman–Crippen LogP) is 3.04. The number of hydrogen-bond donors (Lipinski definition) is 0. The second-order valence-corrected chi connectivity index (χ2v) is 11.5. The molecule has 3 atom stereocenters. The van der Waals surface area contributed by atoms with E-state index in [-0.39, 0.29) is 11.1 Å². The fourth-order valence-electron chi connectivity index (χ4n) is 1.65. The lowest BCUT2D eigenvalue weighted by Gasteiger charge is -2.37. The van der Waals surface area contributed by atoms with Crippen LogP contribution in [0.5, 0.6) is 0 Å². The highest BCUT2D eigenvalue weighted by Gasteiger charge is 2.41. The summed E-state index contributed by atoms with van der Waals surface area (Å²) in [6, 6.07) is -0.436. The summed E-state index contributed by atoms with van der Waals surface area (Å²) in [6.45, 7) is 11.2. The average molecular weight is 305 g/mol. The lowest BCUT2D eigenvalue weighted by Crippen LogP contribution is -2.44. The molecule has 0 aromatic carbocycles. The Hall–Kier alpha value is -0.0382. The van der Waals surface area contributed by atoms with Crippen molar-refractivity contribution in [2.45, 2.75) is 63.5 Å². The molecule has 0 bridgehead atoms. The Kier molecular flexibility index (Phi) is 5.52. The van der Waals surface area contributed by atoms with Crippen LogP contribution in [0.25, 0.3) is 0 Å². The van der Waals surface area contributed by atoms with Gasteiger partial charge in [0.1, 0.15) is 20.1 Å². The fraction of sp³-hybridized carbons (Fsp3) is 0.917. The van der Waals surface area contributed by atoms with E-state index in [1.807, 2.05) is 0 Å². The van der Waals surface area contributed by atoms with Gasteiger partial charge >= 0.3 is 5.43 Å². The van der Waals surface area contributed by atoms with Crippen molar-refractivity contribution in [3.63, 3.8) is 0 Å². The van der Waals surface area contributed by atoms with Crippen LogP contribution in [-0.4, -0.2) is 46.4 Å². The number of carbonyl (C=O) groups is 1. The number of rotatable bonds is 4. The summed E-state index contributed by atoms with van der Waals surface area (Å²) in [5, 5.41) is 0.117. The Morgan fingerprint density at radius 1 is 1.47 bits per heavy atom.